The van der Waals surface area contributed by atoms with Gasteiger partial charge in [0.2, 0.25) is 0 Å². The van der Waals surface area contributed by atoms with E-state index >= 15 is 0 Å². The van der Waals surface area contributed by atoms with Gasteiger partial charge in [-0.2, -0.15) is 0 Å². The lowest BCUT2D eigenvalue weighted by Gasteiger charge is -2.37. The van der Waals surface area contributed by atoms with Crippen molar-refractivity contribution in [3.8, 4) is 5.75 Å². The van der Waals surface area contributed by atoms with Crippen LogP contribution in [-0.2, 0) is 11.3 Å². The van der Waals surface area contributed by atoms with Crippen LogP contribution < -0.4 is 4.74 Å². The van der Waals surface area contributed by atoms with Crippen LogP contribution in [0.2, 0.25) is 0 Å². The van der Waals surface area contributed by atoms with Gasteiger partial charge in [0, 0.05) is 7.11 Å². The minimum atomic E-state index is 0.404. The highest BCUT2D eigenvalue weighted by Crippen LogP contribution is 2.49. The largest absolute Gasteiger partial charge is 0.490 e. The molecule has 1 spiro atoms. The summed E-state index contributed by atoms with van der Waals surface area (Å²) in [4.78, 5) is 0. The molecular weight excluding hydrogens is 296 g/mol. The number of hydrogen-bond donors (Lipinski definition) is 0. The number of fused-ring (bicyclic) bond motifs is 1. The van der Waals surface area contributed by atoms with Gasteiger partial charge in [0.05, 0.1) is 12.7 Å². The first-order valence-electron chi connectivity index (χ1n) is 9.45. The molecule has 2 fully saturated rings. The van der Waals surface area contributed by atoms with Gasteiger partial charge in [0.25, 0.3) is 0 Å². The third kappa shape index (κ3) is 3.30. The van der Waals surface area contributed by atoms with E-state index in [4.69, 9.17) is 9.47 Å². The summed E-state index contributed by atoms with van der Waals surface area (Å²) >= 11 is 0. The number of hydrogen-bond acceptors (Lipinski definition) is 2. The molecule has 0 unspecified atom stereocenters. The third-order valence-corrected chi connectivity index (χ3v) is 6.15. The molecule has 0 bridgehead atoms. The molecule has 2 aromatic rings. The van der Waals surface area contributed by atoms with Gasteiger partial charge in [0.15, 0.2) is 0 Å². The third-order valence-electron chi connectivity index (χ3n) is 6.15. The van der Waals surface area contributed by atoms with Crippen molar-refractivity contribution in [2.24, 2.45) is 5.41 Å². The van der Waals surface area contributed by atoms with Crippen LogP contribution in [0.15, 0.2) is 36.4 Å². The van der Waals surface area contributed by atoms with Gasteiger partial charge in [-0.3, -0.25) is 0 Å². The Bertz CT molecular complexity index is 690. The molecule has 2 saturated carbocycles. The van der Waals surface area contributed by atoms with E-state index in [1.54, 1.807) is 7.11 Å². The molecule has 24 heavy (non-hydrogen) atoms. The van der Waals surface area contributed by atoms with E-state index in [0.717, 1.165) is 5.75 Å². The predicted molar refractivity (Wildman–Crippen MR) is 98.4 cm³/mol. The van der Waals surface area contributed by atoms with Gasteiger partial charge < -0.3 is 9.47 Å². The zero-order valence-corrected chi connectivity index (χ0v) is 14.7. The SMILES string of the molecule is COCc1ccc2cc(OC3CCC4(CCCC4)CC3)ccc2c1. The summed E-state index contributed by atoms with van der Waals surface area (Å²) in [7, 11) is 1.74. The Morgan fingerprint density at radius 1 is 0.917 bits per heavy atom. The average molecular weight is 324 g/mol. The number of benzene rings is 2. The van der Waals surface area contributed by atoms with Crippen LogP contribution in [0.3, 0.4) is 0 Å². The summed E-state index contributed by atoms with van der Waals surface area (Å²) in [5.74, 6) is 1.02. The molecule has 0 radical (unpaired) electrons. The Balaban J connectivity index is 1.42. The first kappa shape index (κ1) is 16.0. The maximum atomic E-state index is 6.32. The van der Waals surface area contributed by atoms with Crippen LogP contribution in [0.5, 0.6) is 5.75 Å². The minimum absolute atomic E-state index is 0.404. The van der Waals surface area contributed by atoms with Gasteiger partial charge in [-0.15, -0.1) is 0 Å². The molecule has 2 nitrogen and oxygen atoms in total. The van der Waals surface area contributed by atoms with Crippen LogP contribution in [-0.4, -0.2) is 13.2 Å². The van der Waals surface area contributed by atoms with Gasteiger partial charge in [0.1, 0.15) is 5.75 Å². The summed E-state index contributed by atoms with van der Waals surface area (Å²) < 4.78 is 11.5. The fraction of sp³-hybridized carbons (Fsp3) is 0.545. The Kier molecular flexibility index (Phi) is 4.49. The van der Waals surface area contributed by atoms with E-state index in [9.17, 15) is 0 Å². The Hall–Kier alpha value is -1.54. The zero-order valence-electron chi connectivity index (χ0n) is 14.7. The molecule has 0 saturated heterocycles. The summed E-state index contributed by atoms with van der Waals surface area (Å²) in [6, 6.07) is 13.0. The van der Waals surface area contributed by atoms with Gasteiger partial charge in [-0.1, -0.05) is 31.0 Å². The molecule has 0 N–H and O–H groups in total. The molecule has 0 aliphatic heterocycles. The lowest BCUT2D eigenvalue weighted by atomic mass is 9.72. The molecule has 2 heteroatoms. The molecule has 128 valence electrons. The second-order valence-corrected chi connectivity index (χ2v) is 7.80. The lowest BCUT2D eigenvalue weighted by Crippen LogP contribution is -2.30. The number of methoxy groups -OCH3 is 1. The Morgan fingerprint density at radius 3 is 2.38 bits per heavy atom. The molecule has 4 rings (SSSR count). The topological polar surface area (TPSA) is 18.5 Å². The van der Waals surface area contributed by atoms with Crippen LogP contribution in [0.1, 0.15) is 56.9 Å². The molecular formula is C22H28O2. The van der Waals surface area contributed by atoms with E-state index in [1.165, 1.54) is 67.7 Å². The van der Waals surface area contributed by atoms with Gasteiger partial charge >= 0.3 is 0 Å². The minimum Gasteiger partial charge on any atom is -0.490 e. The first-order valence-corrected chi connectivity index (χ1v) is 9.45. The maximum Gasteiger partial charge on any atom is 0.120 e. The van der Waals surface area contributed by atoms with E-state index in [0.29, 0.717) is 18.1 Å². The van der Waals surface area contributed by atoms with Gasteiger partial charge in [-0.05, 0) is 78.5 Å². The molecule has 0 atom stereocenters. The quantitative estimate of drug-likeness (QED) is 0.700. The fourth-order valence-corrected chi connectivity index (χ4v) is 4.74. The normalized spacial score (nSPS) is 20.7. The summed E-state index contributed by atoms with van der Waals surface area (Å²) in [5.41, 5.74) is 1.90. The fourth-order valence-electron chi connectivity index (χ4n) is 4.74. The highest BCUT2D eigenvalue weighted by atomic mass is 16.5. The van der Waals surface area contributed by atoms with Crippen molar-refractivity contribution in [3.05, 3.63) is 42.0 Å². The predicted octanol–water partition coefficient (Wildman–Crippen LogP) is 5.87. The molecule has 2 aromatic carbocycles. The van der Waals surface area contributed by atoms with Crippen LogP contribution in [0.4, 0.5) is 0 Å². The van der Waals surface area contributed by atoms with E-state index in [2.05, 4.69) is 36.4 Å². The molecule has 2 aliphatic rings. The van der Waals surface area contributed by atoms with Crippen molar-refractivity contribution in [1.29, 1.82) is 0 Å². The smallest absolute Gasteiger partial charge is 0.120 e. The first-order chi connectivity index (χ1) is 11.8. The number of rotatable bonds is 4. The lowest BCUT2D eigenvalue weighted by molar-refractivity contribution is 0.0825. The van der Waals surface area contributed by atoms with Crippen molar-refractivity contribution in [3.63, 3.8) is 0 Å². The second-order valence-electron chi connectivity index (χ2n) is 7.80. The zero-order chi connectivity index (χ0) is 16.4. The highest BCUT2D eigenvalue weighted by molar-refractivity contribution is 5.84. The van der Waals surface area contributed by atoms with Crippen LogP contribution >= 0.6 is 0 Å². The van der Waals surface area contributed by atoms with E-state index in [1.807, 2.05) is 0 Å². The molecule has 0 aromatic heterocycles. The monoisotopic (exact) mass is 324 g/mol. The highest BCUT2D eigenvalue weighted by Gasteiger charge is 2.37. The van der Waals surface area contributed by atoms with E-state index < -0.39 is 0 Å². The van der Waals surface area contributed by atoms with Crippen molar-refractivity contribution >= 4 is 10.8 Å². The van der Waals surface area contributed by atoms with Crippen molar-refractivity contribution in [2.45, 2.75) is 64.1 Å². The van der Waals surface area contributed by atoms with Crippen LogP contribution in [0, 0.1) is 5.41 Å². The van der Waals surface area contributed by atoms with Crippen molar-refractivity contribution in [1.82, 2.24) is 0 Å². The van der Waals surface area contributed by atoms with Crippen molar-refractivity contribution in [2.75, 3.05) is 7.11 Å². The Labute approximate surface area is 145 Å². The van der Waals surface area contributed by atoms with Crippen LogP contribution in [0.25, 0.3) is 10.8 Å². The molecule has 2 aliphatic carbocycles. The standard InChI is InChI=1S/C22H28O2/c1-23-16-17-4-5-19-15-21(7-6-18(19)14-17)24-20-8-12-22(13-9-20)10-2-3-11-22/h4-7,14-15,20H,2-3,8-13,16H2,1H3. The summed E-state index contributed by atoms with van der Waals surface area (Å²) in [6.45, 7) is 0.665. The van der Waals surface area contributed by atoms with Gasteiger partial charge in [-0.25, -0.2) is 0 Å². The molecule has 0 amide bonds. The maximum absolute atomic E-state index is 6.32. The summed E-state index contributed by atoms with van der Waals surface area (Å²) in [5, 5.41) is 2.50. The average Bonchev–Trinajstić information content (AvgIpc) is 3.06. The van der Waals surface area contributed by atoms with E-state index in [-0.39, 0.29) is 0 Å². The van der Waals surface area contributed by atoms with Crippen molar-refractivity contribution < 1.29 is 9.47 Å². The molecule has 0 heterocycles. The summed E-state index contributed by atoms with van der Waals surface area (Å²) in [6.07, 6.45) is 11.4. The second kappa shape index (κ2) is 6.76. The Morgan fingerprint density at radius 2 is 1.62 bits per heavy atom. The number of ether oxygens (including phenoxy) is 2.